The van der Waals surface area contributed by atoms with E-state index in [0.717, 1.165) is 12.0 Å². The van der Waals surface area contributed by atoms with E-state index in [9.17, 15) is 0 Å². The van der Waals surface area contributed by atoms with Crippen LogP contribution >= 0.6 is 0 Å². The molecule has 0 radical (unpaired) electrons. The number of nitrogens with zero attached hydrogens (tertiary/aromatic N) is 1. The van der Waals surface area contributed by atoms with Gasteiger partial charge in [-0.05, 0) is 39.2 Å². The van der Waals surface area contributed by atoms with Gasteiger partial charge in [-0.2, -0.15) is 0 Å². The van der Waals surface area contributed by atoms with Gasteiger partial charge >= 0.3 is 0 Å². The van der Waals surface area contributed by atoms with Crippen molar-refractivity contribution in [3.8, 4) is 0 Å². The molecule has 1 rings (SSSR count). The van der Waals surface area contributed by atoms with Crippen LogP contribution < -0.4 is 0 Å². The largest absolute Gasteiger partial charge is 0.301 e. The summed E-state index contributed by atoms with van der Waals surface area (Å²) in [5, 5.41) is 0. The lowest BCUT2D eigenvalue weighted by Crippen LogP contribution is -2.38. The fourth-order valence-electron chi connectivity index (χ4n) is 1.69. The maximum atomic E-state index is 2.58. The Hall–Kier alpha value is -0.0400. The summed E-state index contributed by atoms with van der Waals surface area (Å²) in [5.41, 5.74) is 0. The Morgan fingerprint density at radius 2 is 1.83 bits per heavy atom. The van der Waals surface area contributed by atoms with Gasteiger partial charge in [0.2, 0.25) is 0 Å². The Morgan fingerprint density at radius 3 is 2.17 bits per heavy atom. The highest BCUT2D eigenvalue weighted by molar-refractivity contribution is 4.71. The first-order valence-corrected chi connectivity index (χ1v) is 5.44. The summed E-state index contributed by atoms with van der Waals surface area (Å²) in [7, 11) is 0. The van der Waals surface area contributed by atoms with Crippen LogP contribution in [-0.2, 0) is 0 Å². The lowest BCUT2D eigenvalue weighted by molar-refractivity contribution is 0.147. The van der Waals surface area contributed by atoms with E-state index < -0.39 is 0 Å². The minimum absolute atomic E-state index is 0.753. The standard InChI is InChI=1S/C9H19N.C2H6/c1-8(2)10-6-4-5-9(3)7-10;1-2/h8-9H,4-7H2,1-3H3;1-2H3. The Morgan fingerprint density at radius 1 is 1.25 bits per heavy atom. The van der Waals surface area contributed by atoms with Crippen LogP contribution in [0.2, 0.25) is 0 Å². The van der Waals surface area contributed by atoms with Crippen LogP contribution in [-0.4, -0.2) is 24.0 Å². The van der Waals surface area contributed by atoms with E-state index in [2.05, 4.69) is 25.7 Å². The maximum Gasteiger partial charge on any atom is 0.00387 e. The van der Waals surface area contributed by atoms with Gasteiger partial charge in [-0.1, -0.05) is 20.8 Å². The number of piperidine rings is 1. The molecule has 0 spiro atoms. The van der Waals surface area contributed by atoms with Crippen molar-refractivity contribution in [3.05, 3.63) is 0 Å². The van der Waals surface area contributed by atoms with Gasteiger partial charge < -0.3 is 4.90 Å². The lowest BCUT2D eigenvalue weighted by Gasteiger charge is -2.33. The van der Waals surface area contributed by atoms with Crippen molar-refractivity contribution in [2.75, 3.05) is 13.1 Å². The van der Waals surface area contributed by atoms with Crippen molar-refractivity contribution in [3.63, 3.8) is 0 Å². The topological polar surface area (TPSA) is 3.24 Å². The molecule has 1 unspecified atom stereocenters. The van der Waals surface area contributed by atoms with Gasteiger partial charge in [0.25, 0.3) is 0 Å². The van der Waals surface area contributed by atoms with Gasteiger partial charge in [0, 0.05) is 12.6 Å². The molecule has 1 nitrogen and oxygen atoms in total. The second kappa shape index (κ2) is 6.47. The zero-order valence-electron chi connectivity index (χ0n) is 9.43. The zero-order valence-corrected chi connectivity index (χ0v) is 9.43. The summed E-state index contributed by atoms with van der Waals surface area (Å²) in [4.78, 5) is 2.58. The van der Waals surface area contributed by atoms with E-state index >= 15 is 0 Å². The van der Waals surface area contributed by atoms with Crippen molar-refractivity contribution in [2.24, 2.45) is 5.92 Å². The third kappa shape index (κ3) is 4.10. The average Bonchev–Trinajstić information content (AvgIpc) is 2.08. The van der Waals surface area contributed by atoms with E-state index in [0.29, 0.717) is 0 Å². The molecule has 12 heavy (non-hydrogen) atoms. The molecule has 1 fully saturated rings. The van der Waals surface area contributed by atoms with Gasteiger partial charge in [0.15, 0.2) is 0 Å². The van der Waals surface area contributed by atoms with Crippen molar-refractivity contribution in [1.29, 1.82) is 0 Å². The Bertz CT molecular complexity index is 99.2. The van der Waals surface area contributed by atoms with E-state index in [-0.39, 0.29) is 0 Å². The van der Waals surface area contributed by atoms with Crippen molar-refractivity contribution < 1.29 is 0 Å². The molecule has 0 aromatic heterocycles. The summed E-state index contributed by atoms with van der Waals surface area (Å²) >= 11 is 0. The molecule has 1 aliphatic heterocycles. The average molecular weight is 171 g/mol. The second-order valence-electron chi connectivity index (χ2n) is 3.84. The molecular formula is C11H25N. The second-order valence-corrected chi connectivity index (χ2v) is 3.84. The maximum absolute atomic E-state index is 2.58. The van der Waals surface area contributed by atoms with E-state index in [1.165, 1.54) is 25.9 Å². The summed E-state index contributed by atoms with van der Waals surface area (Å²) in [6, 6.07) is 0.753. The first-order valence-electron chi connectivity index (χ1n) is 5.44. The van der Waals surface area contributed by atoms with Gasteiger partial charge in [0.05, 0.1) is 0 Å². The van der Waals surface area contributed by atoms with Gasteiger partial charge in [0.1, 0.15) is 0 Å². The summed E-state index contributed by atoms with van der Waals surface area (Å²) in [6.45, 7) is 13.6. The Balaban J connectivity index is 0.000000561. The first-order chi connectivity index (χ1) is 5.70. The molecule has 0 aliphatic carbocycles. The van der Waals surface area contributed by atoms with E-state index in [1.54, 1.807) is 0 Å². The predicted molar refractivity (Wildman–Crippen MR) is 56.5 cm³/mol. The molecule has 0 saturated carbocycles. The normalized spacial score (nSPS) is 25.0. The van der Waals surface area contributed by atoms with Crippen LogP contribution in [0.1, 0.15) is 47.5 Å². The van der Waals surface area contributed by atoms with Crippen LogP contribution in [0.3, 0.4) is 0 Å². The van der Waals surface area contributed by atoms with Crippen LogP contribution in [0.4, 0.5) is 0 Å². The molecule has 1 atom stereocenters. The third-order valence-electron chi connectivity index (χ3n) is 2.42. The molecule has 1 saturated heterocycles. The van der Waals surface area contributed by atoms with Crippen LogP contribution in [0.5, 0.6) is 0 Å². The predicted octanol–water partition coefficient (Wildman–Crippen LogP) is 3.15. The number of hydrogen-bond acceptors (Lipinski definition) is 1. The summed E-state index contributed by atoms with van der Waals surface area (Å²) in [6.07, 6.45) is 2.84. The quantitative estimate of drug-likeness (QED) is 0.586. The van der Waals surface area contributed by atoms with Gasteiger partial charge in [-0.3, -0.25) is 0 Å². The first kappa shape index (κ1) is 12.0. The molecule has 1 heterocycles. The van der Waals surface area contributed by atoms with E-state index in [1.807, 2.05) is 13.8 Å². The number of rotatable bonds is 1. The minimum atomic E-state index is 0.753. The van der Waals surface area contributed by atoms with Crippen molar-refractivity contribution in [2.45, 2.75) is 53.5 Å². The number of hydrogen-bond donors (Lipinski definition) is 0. The fourth-order valence-corrected chi connectivity index (χ4v) is 1.69. The lowest BCUT2D eigenvalue weighted by atomic mass is 9.99. The van der Waals surface area contributed by atoms with Crippen LogP contribution in [0, 0.1) is 5.92 Å². The highest BCUT2D eigenvalue weighted by Crippen LogP contribution is 2.16. The molecule has 0 amide bonds. The molecule has 0 N–H and O–H groups in total. The third-order valence-corrected chi connectivity index (χ3v) is 2.42. The smallest absolute Gasteiger partial charge is 0.00387 e. The summed E-state index contributed by atoms with van der Waals surface area (Å²) < 4.78 is 0. The molecule has 1 heteroatoms. The molecular weight excluding hydrogens is 146 g/mol. The highest BCUT2D eigenvalue weighted by atomic mass is 15.1. The zero-order chi connectivity index (χ0) is 9.56. The molecule has 0 bridgehead atoms. The van der Waals surface area contributed by atoms with E-state index in [4.69, 9.17) is 0 Å². The molecule has 1 aliphatic rings. The Labute approximate surface area is 78.1 Å². The van der Waals surface area contributed by atoms with Crippen LogP contribution in [0.25, 0.3) is 0 Å². The highest BCUT2D eigenvalue weighted by Gasteiger charge is 2.17. The molecule has 0 aromatic rings. The minimum Gasteiger partial charge on any atom is -0.301 e. The number of likely N-dealkylation sites (tertiary alicyclic amines) is 1. The van der Waals surface area contributed by atoms with Crippen molar-refractivity contribution in [1.82, 2.24) is 4.90 Å². The van der Waals surface area contributed by atoms with Gasteiger partial charge in [-0.25, -0.2) is 0 Å². The SMILES string of the molecule is CC.CC1CCCN(C(C)C)C1. The van der Waals surface area contributed by atoms with Gasteiger partial charge in [-0.15, -0.1) is 0 Å². The molecule has 74 valence electrons. The fraction of sp³-hybridized carbons (Fsp3) is 1.00. The molecule has 0 aromatic carbocycles. The van der Waals surface area contributed by atoms with Crippen LogP contribution in [0.15, 0.2) is 0 Å². The van der Waals surface area contributed by atoms with Crippen molar-refractivity contribution >= 4 is 0 Å². The monoisotopic (exact) mass is 171 g/mol. The Kier molecular flexibility index (Phi) is 6.45. The summed E-state index contributed by atoms with van der Waals surface area (Å²) in [5.74, 6) is 0.927.